The summed E-state index contributed by atoms with van der Waals surface area (Å²) < 4.78 is 7.73. The van der Waals surface area contributed by atoms with Crippen LogP contribution >= 0.6 is 0 Å². The summed E-state index contributed by atoms with van der Waals surface area (Å²) in [7, 11) is 0. The second-order valence-corrected chi connectivity index (χ2v) is 6.93. The highest BCUT2D eigenvalue weighted by Gasteiger charge is 2.19. The van der Waals surface area contributed by atoms with Crippen LogP contribution in [-0.4, -0.2) is 34.0 Å². The first-order chi connectivity index (χ1) is 13.7. The van der Waals surface area contributed by atoms with E-state index in [1.807, 2.05) is 49.4 Å². The normalized spacial score (nSPS) is 14.6. The summed E-state index contributed by atoms with van der Waals surface area (Å²) in [5.74, 6) is 0.981. The number of nitrogens with zero attached hydrogens (tertiary/aromatic N) is 3. The van der Waals surface area contributed by atoms with Gasteiger partial charge < -0.3 is 15.4 Å². The number of nitrogens with one attached hydrogen (secondary N) is 2. The Morgan fingerprint density at radius 3 is 2.68 bits per heavy atom. The van der Waals surface area contributed by atoms with Gasteiger partial charge in [-0.25, -0.2) is 4.68 Å². The first kappa shape index (κ1) is 18.2. The van der Waals surface area contributed by atoms with Crippen LogP contribution in [0.3, 0.4) is 0 Å². The maximum atomic E-state index is 12.7. The van der Waals surface area contributed by atoms with E-state index in [2.05, 4.69) is 20.9 Å². The molecule has 144 valence electrons. The van der Waals surface area contributed by atoms with Crippen molar-refractivity contribution in [3.63, 3.8) is 0 Å². The minimum Gasteiger partial charge on any atom is -0.455 e. The predicted molar refractivity (Wildman–Crippen MR) is 107 cm³/mol. The van der Waals surface area contributed by atoms with Crippen molar-refractivity contribution in [1.82, 2.24) is 20.3 Å². The summed E-state index contributed by atoms with van der Waals surface area (Å²) in [4.78, 5) is 12.7. The molecule has 0 atom stereocenters. The molecular weight excluding hydrogens is 354 g/mol. The molecule has 1 amide bonds. The fourth-order valence-corrected chi connectivity index (χ4v) is 3.21. The van der Waals surface area contributed by atoms with Crippen molar-refractivity contribution in [2.24, 2.45) is 0 Å². The molecule has 1 saturated heterocycles. The van der Waals surface area contributed by atoms with E-state index < -0.39 is 0 Å². The Labute approximate surface area is 163 Å². The zero-order valence-electron chi connectivity index (χ0n) is 15.8. The minimum atomic E-state index is -0.305. The third-order valence-electron chi connectivity index (χ3n) is 4.81. The summed E-state index contributed by atoms with van der Waals surface area (Å²) in [6.45, 7) is 3.93. The molecule has 2 heterocycles. The van der Waals surface area contributed by atoms with Gasteiger partial charge in [0, 0.05) is 0 Å². The molecule has 2 aromatic carbocycles. The lowest BCUT2D eigenvalue weighted by Gasteiger charge is -2.22. The molecule has 0 spiro atoms. The van der Waals surface area contributed by atoms with Crippen molar-refractivity contribution in [3.8, 4) is 11.5 Å². The summed E-state index contributed by atoms with van der Waals surface area (Å²) in [5, 5.41) is 14.4. The largest absolute Gasteiger partial charge is 0.455 e. The molecule has 1 aliphatic heterocycles. The van der Waals surface area contributed by atoms with Crippen LogP contribution in [0.4, 0.5) is 5.69 Å². The molecule has 1 aromatic heterocycles. The van der Waals surface area contributed by atoms with E-state index in [0.717, 1.165) is 31.5 Å². The summed E-state index contributed by atoms with van der Waals surface area (Å²) in [6, 6.07) is 15.4. The van der Waals surface area contributed by atoms with E-state index in [0.29, 0.717) is 22.9 Å². The average Bonchev–Trinajstić information content (AvgIpc) is 3.22. The Hall–Kier alpha value is -3.19. The van der Waals surface area contributed by atoms with E-state index in [1.165, 1.54) is 0 Å². The highest BCUT2D eigenvalue weighted by Crippen LogP contribution is 2.29. The highest BCUT2D eigenvalue weighted by molar-refractivity contribution is 6.03. The number of amides is 1. The van der Waals surface area contributed by atoms with Crippen molar-refractivity contribution >= 4 is 11.6 Å². The predicted octanol–water partition coefficient (Wildman–Crippen LogP) is 3.56. The number of anilines is 1. The zero-order valence-corrected chi connectivity index (χ0v) is 15.8. The van der Waals surface area contributed by atoms with Gasteiger partial charge in [0.05, 0.1) is 17.9 Å². The van der Waals surface area contributed by atoms with Gasteiger partial charge in [-0.05, 0) is 57.1 Å². The quantitative estimate of drug-likeness (QED) is 0.711. The SMILES string of the molecule is Cc1ccc(Oc2ccccc2NC(=O)c2cn(C3CCNCC3)nn2)cc1. The third kappa shape index (κ3) is 4.20. The Morgan fingerprint density at radius 2 is 1.89 bits per heavy atom. The number of carbonyl (C=O) groups is 1. The van der Waals surface area contributed by atoms with Gasteiger partial charge in [-0.15, -0.1) is 5.10 Å². The first-order valence-electron chi connectivity index (χ1n) is 9.46. The van der Waals surface area contributed by atoms with Gasteiger partial charge in [0.15, 0.2) is 11.4 Å². The van der Waals surface area contributed by atoms with Crippen LogP contribution in [0.25, 0.3) is 0 Å². The number of para-hydroxylation sites is 2. The van der Waals surface area contributed by atoms with Crippen molar-refractivity contribution in [1.29, 1.82) is 0 Å². The lowest BCUT2D eigenvalue weighted by molar-refractivity contribution is 0.102. The van der Waals surface area contributed by atoms with Gasteiger partial charge in [-0.3, -0.25) is 4.79 Å². The monoisotopic (exact) mass is 377 g/mol. The molecule has 1 aliphatic rings. The van der Waals surface area contributed by atoms with E-state index in [4.69, 9.17) is 4.74 Å². The Bertz CT molecular complexity index is 945. The van der Waals surface area contributed by atoms with Crippen molar-refractivity contribution < 1.29 is 9.53 Å². The Kier molecular flexibility index (Phi) is 5.34. The second kappa shape index (κ2) is 8.22. The van der Waals surface area contributed by atoms with Crippen molar-refractivity contribution in [3.05, 3.63) is 66.0 Å². The Morgan fingerprint density at radius 1 is 1.14 bits per heavy atom. The van der Waals surface area contributed by atoms with Gasteiger partial charge >= 0.3 is 0 Å². The molecule has 0 unspecified atom stereocenters. The number of rotatable bonds is 5. The molecule has 4 rings (SSSR count). The van der Waals surface area contributed by atoms with E-state index in [-0.39, 0.29) is 11.9 Å². The average molecular weight is 377 g/mol. The topological polar surface area (TPSA) is 81.1 Å². The van der Waals surface area contributed by atoms with Crippen LogP contribution in [0, 0.1) is 6.92 Å². The number of ether oxygens (including phenoxy) is 1. The molecule has 7 nitrogen and oxygen atoms in total. The van der Waals surface area contributed by atoms with E-state index in [9.17, 15) is 4.79 Å². The van der Waals surface area contributed by atoms with Crippen LogP contribution in [0.1, 0.15) is 34.9 Å². The molecule has 1 fully saturated rings. The fraction of sp³-hybridized carbons (Fsp3) is 0.286. The number of benzene rings is 2. The van der Waals surface area contributed by atoms with E-state index in [1.54, 1.807) is 16.9 Å². The summed E-state index contributed by atoms with van der Waals surface area (Å²) >= 11 is 0. The third-order valence-corrected chi connectivity index (χ3v) is 4.81. The lowest BCUT2D eigenvalue weighted by Crippen LogP contribution is -2.29. The van der Waals surface area contributed by atoms with Crippen molar-refractivity contribution in [2.75, 3.05) is 18.4 Å². The van der Waals surface area contributed by atoms with Gasteiger partial charge in [0.1, 0.15) is 5.75 Å². The minimum absolute atomic E-state index is 0.285. The number of aryl methyl sites for hydroxylation is 1. The number of piperidine rings is 1. The molecule has 3 aromatic rings. The standard InChI is InChI=1S/C21H23N5O2/c1-15-6-8-17(9-7-15)28-20-5-3-2-4-18(20)23-21(27)19-14-26(25-24-19)16-10-12-22-13-11-16/h2-9,14,16,22H,10-13H2,1H3,(H,23,27). The first-order valence-corrected chi connectivity index (χ1v) is 9.46. The van der Waals surface area contributed by atoms with Crippen LogP contribution in [0.2, 0.25) is 0 Å². The second-order valence-electron chi connectivity index (χ2n) is 6.93. The van der Waals surface area contributed by atoms with Crippen molar-refractivity contribution in [2.45, 2.75) is 25.8 Å². The number of hydrogen-bond donors (Lipinski definition) is 2. The number of carbonyl (C=O) groups excluding carboxylic acids is 1. The molecule has 0 bridgehead atoms. The molecule has 0 aliphatic carbocycles. The molecular formula is C21H23N5O2. The molecule has 28 heavy (non-hydrogen) atoms. The lowest BCUT2D eigenvalue weighted by atomic mass is 10.1. The molecule has 0 saturated carbocycles. The van der Waals surface area contributed by atoms with Gasteiger partial charge in [0.2, 0.25) is 0 Å². The molecule has 0 radical (unpaired) electrons. The van der Waals surface area contributed by atoms with Crippen LogP contribution < -0.4 is 15.4 Å². The van der Waals surface area contributed by atoms with Crippen LogP contribution in [0.15, 0.2) is 54.7 Å². The zero-order chi connectivity index (χ0) is 19.3. The van der Waals surface area contributed by atoms with Crippen LogP contribution in [-0.2, 0) is 0 Å². The fourth-order valence-electron chi connectivity index (χ4n) is 3.21. The molecule has 7 heteroatoms. The maximum absolute atomic E-state index is 12.7. The van der Waals surface area contributed by atoms with Crippen LogP contribution in [0.5, 0.6) is 11.5 Å². The summed E-state index contributed by atoms with van der Waals surface area (Å²) in [5.41, 5.74) is 2.04. The smallest absolute Gasteiger partial charge is 0.277 e. The Balaban J connectivity index is 1.47. The number of aromatic nitrogens is 3. The number of hydrogen-bond acceptors (Lipinski definition) is 5. The van der Waals surface area contributed by atoms with E-state index >= 15 is 0 Å². The van der Waals surface area contributed by atoms with Gasteiger partial charge in [-0.2, -0.15) is 0 Å². The summed E-state index contributed by atoms with van der Waals surface area (Å²) in [6.07, 6.45) is 3.68. The van der Waals surface area contributed by atoms with Gasteiger partial charge in [-0.1, -0.05) is 35.0 Å². The maximum Gasteiger partial charge on any atom is 0.277 e. The van der Waals surface area contributed by atoms with Gasteiger partial charge in [0.25, 0.3) is 5.91 Å². The molecule has 2 N–H and O–H groups in total. The highest BCUT2D eigenvalue weighted by atomic mass is 16.5.